The Morgan fingerprint density at radius 1 is 1.27 bits per heavy atom. The fourth-order valence-corrected chi connectivity index (χ4v) is 1.23. The van der Waals surface area contributed by atoms with Gasteiger partial charge in [0, 0.05) is 17.9 Å². The first-order valence-electron chi connectivity index (χ1n) is 3.49. The van der Waals surface area contributed by atoms with E-state index < -0.39 is 0 Å². The highest BCUT2D eigenvalue weighted by Crippen LogP contribution is 2.09. The van der Waals surface area contributed by atoms with Gasteiger partial charge in [0.25, 0.3) is 0 Å². The first-order valence-corrected chi connectivity index (χ1v) is 3.49. The van der Waals surface area contributed by atoms with Gasteiger partial charge in [0.2, 0.25) is 0 Å². The Balaban J connectivity index is 2.82. The van der Waals surface area contributed by atoms with Crippen LogP contribution in [0.15, 0.2) is 30.6 Å². The lowest BCUT2D eigenvalue weighted by atomic mass is 10.3. The van der Waals surface area contributed by atoms with Crippen molar-refractivity contribution in [3.63, 3.8) is 0 Å². The summed E-state index contributed by atoms with van der Waals surface area (Å²) >= 11 is 0. The zero-order chi connectivity index (χ0) is 7.84. The Bertz CT molecular complexity index is 389. The summed E-state index contributed by atoms with van der Waals surface area (Å²) in [6.07, 6.45) is 3.38. The van der Waals surface area contributed by atoms with Crippen LogP contribution in [0, 0.1) is 12.7 Å². The van der Waals surface area contributed by atoms with Gasteiger partial charge in [0.15, 0.2) is 0 Å². The number of aromatic nitrogens is 1. The fourth-order valence-electron chi connectivity index (χ4n) is 1.23. The third-order valence-electron chi connectivity index (χ3n) is 1.69. The number of halogens is 1. The van der Waals surface area contributed by atoms with Gasteiger partial charge in [0.1, 0.15) is 5.82 Å². The van der Waals surface area contributed by atoms with Gasteiger partial charge in [-0.3, -0.25) is 0 Å². The Morgan fingerprint density at radius 2 is 2.09 bits per heavy atom. The minimum Gasteiger partial charge on any atom is -0.321 e. The summed E-state index contributed by atoms with van der Waals surface area (Å²) in [6.45, 7) is 1.99. The molecule has 2 heterocycles. The maximum absolute atomic E-state index is 12.6. The topological polar surface area (TPSA) is 4.41 Å². The molecule has 0 aromatic carbocycles. The van der Waals surface area contributed by atoms with Gasteiger partial charge < -0.3 is 4.40 Å². The molecule has 0 atom stereocenters. The predicted octanol–water partition coefficient (Wildman–Crippen LogP) is 2.39. The molecule has 0 aliphatic rings. The van der Waals surface area contributed by atoms with Crippen molar-refractivity contribution in [2.75, 3.05) is 0 Å². The molecule has 11 heavy (non-hydrogen) atoms. The van der Waals surface area contributed by atoms with E-state index in [0.717, 1.165) is 11.1 Å². The molecule has 0 radical (unpaired) electrons. The van der Waals surface area contributed by atoms with Crippen LogP contribution < -0.4 is 0 Å². The van der Waals surface area contributed by atoms with Gasteiger partial charge in [-0.1, -0.05) is 0 Å². The summed E-state index contributed by atoms with van der Waals surface area (Å²) in [5.74, 6) is -0.201. The molecule has 2 heteroatoms. The molecule has 0 spiro atoms. The van der Waals surface area contributed by atoms with Crippen LogP contribution in [-0.4, -0.2) is 4.40 Å². The van der Waals surface area contributed by atoms with Crippen molar-refractivity contribution in [2.45, 2.75) is 6.92 Å². The Kier molecular flexibility index (Phi) is 1.22. The van der Waals surface area contributed by atoms with Crippen molar-refractivity contribution in [3.05, 3.63) is 42.0 Å². The largest absolute Gasteiger partial charge is 0.321 e. The number of aryl methyl sites for hydroxylation is 1. The number of hydrogen-bond donors (Lipinski definition) is 0. The lowest BCUT2D eigenvalue weighted by Gasteiger charge is -1.91. The quantitative estimate of drug-likeness (QED) is 0.541. The highest BCUT2D eigenvalue weighted by molar-refractivity contribution is 5.49. The van der Waals surface area contributed by atoms with E-state index in [-0.39, 0.29) is 5.82 Å². The van der Waals surface area contributed by atoms with Gasteiger partial charge in [0.05, 0.1) is 0 Å². The van der Waals surface area contributed by atoms with E-state index in [1.165, 1.54) is 12.3 Å². The minimum absolute atomic E-state index is 0.201. The molecule has 0 aliphatic heterocycles. The van der Waals surface area contributed by atoms with Crippen LogP contribution in [0.5, 0.6) is 0 Å². The van der Waals surface area contributed by atoms with E-state index >= 15 is 0 Å². The molecule has 0 fully saturated rings. The lowest BCUT2D eigenvalue weighted by molar-refractivity contribution is 0.619. The Hall–Kier alpha value is -1.31. The Labute approximate surface area is 64.1 Å². The van der Waals surface area contributed by atoms with Crippen LogP contribution in [0.25, 0.3) is 5.52 Å². The normalized spacial score (nSPS) is 10.7. The standard InChI is InChI=1S/C9H8FN/c1-7-4-9-3-2-8(10)6-11(9)5-7/h2-6H,1H3. The predicted molar refractivity (Wildman–Crippen MR) is 42.1 cm³/mol. The van der Waals surface area contributed by atoms with E-state index in [2.05, 4.69) is 0 Å². The van der Waals surface area contributed by atoms with Crippen LogP contribution in [0.2, 0.25) is 0 Å². The van der Waals surface area contributed by atoms with Crippen molar-refractivity contribution in [1.29, 1.82) is 0 Å². The molecular weight excluding hydrogens is 141 g/mol. The second-order valence-corrected chi connectivity index (χ2v) is 2.70. The van der Waals surface area contributed by atoms with Crippen LogP contribution in [0.3, 0.4) is 0 Å². The van der Waals surface area contributed by atoms with E-state index in [1.807, 2.05) is 19.2 Å². The van der Waals surface area contributed by atoms with Crippen molar-refractivity contribution in [2.24, 2.45) is 0 Å². The average Bonchev–Trinajstić information content (AvgIpc) is 2.27. The summed E-state index contributed by atoms with van der Waals surface area (Å²) < 4.78 is 14.4. The van der Waals surface area contributed by atoms with E-state index in [1.54, 1.807) is 10.5 Å². The van der Waals surface area contributed by atoms with Crippen LogP contribution in [0.4, 0.5) is 4.39 Å². The third-order valence-corrected chi connectivity index (χ3v) is 1.69. The molecule has 2 aromatic heterocycles. The van der Waals surface area contributed by atoms with Crippen LogP contribution >= 0.6 is 0 Å². The van der Waals surface area contributed by atoms with Gasteiger partial charge in [-0.2, -0.15) is 0 Å². The van der Waals surface area contributed by atoms with Gasteiger partial charge in [-0.25, -0.2) is 4.39 Å². The van der Waals surface area contributed by atoms with Crippen molar-refractivity contribution in [3.8, 4) is 0 Å². The molecule has 0 aliphatic carbocycles. The average molecular weight is 149 g/mol. The van der Waals surface area contributed by atoms with E-state index in [9.17, 15) is 4.39 Å². The molecule has 0 amide bonds. The molecule has 0 unspecified atom stereocenters. The smallest absolute Gasteiger partial charge is 0.139 e. The number of hydrogen-bond acceptors (Lipinski definition) is 0. The third kappa shape index (κ3) is 1.00. The zero-order valence-electron chi connectivity index (χ0n) is 6.21. The number of rotatable bonds is 0. The molecule has 2 rings (SSSR count). The van der Waals surface area contributed by atoms with Crippen molar-refractivity contribution < 1.29 is 4.39 Å². The summed E-state index contributed by atoms with van der Waals surface area (Å²) in [5.41, 5.74) is 2.18. The SMILES string of the molecule is Cc1cc2ccc(F)cn2c1. The summed E-state index contributed by atoms with van der Waals surface area (Å²) in [6, 6.07) is 5.25. The first kappa shape index (κ1) is 6.40. The number of nitrogens with zero attached hydrogens (tertiary/aromatic N) is 1. The lowest BCUT2D eigenvalue weighted by Crippen LogP contribution is -1.82. The van der Waals surface area contributed by atoms with Gasteiger partial charge in [-0.05, 0) is 30.7 Å². The number of pyridine rings is 1. The molecule has 2 aromatic rings. The second kappa shape index (κ2) is 2.09. The fraction of sp³-hybridized carbons (Fsp3) is 0.111. The summed E-state index contributed by atoms with van der Waals surface area (Å²) in [7, 11) is 0. The molecule has 1 nitrogen and oxygen atoms in total. The van der Waals surface area contributed by atoms with E-state index in [4.69, 9.17) is 0 Å². The van der Waals surface area contributed by atoms with Gasteiger partial charge in [-0.15, -0.1) is 0 Å². The maximum atomic E-state index is 12.6. The van der Waals surface area contributed by atoms with Gasteiger partial charge >= 0.3 is 0 Å². The highest BCUT2D eigenvalue weighted by Gasteiger charge is 1.95. The molecule has 0 N–H and O–H groups in total. The minimum atomic E-state index is -0.201. The first-order chi connectivity index (χ1) is 5.25. The molecular formula is C9H8FN. The van der Waals surface area contributed by atoms with E-state index in [0.29, 0.717) is 0 Å². The van der Waals surface area contributed by atoms with Crippen molar-refractivity contribution in [1.82, 2.24) is 4.40 Å². The summed E-state index contributed by atoms with van der Waals surface area (Å²) in [5, 5.41) is 0. The zero-order valence-corrected chi connectivity index (χ0v) is 6.21. The maximum Gasteiger partial charge on any atom is 0.139 e. The molecule has 56 valence electrons. The molecule has 0 saturated heterocycles. The monoisotopic (exact) mass is 149 g/mol. The Morgan fingerprint density at radius 3 is 2.91 bits per heavy atom. The number of fused-ring (bicyclic) bond motifs is 1. The van der Waals surface area contributed by atoms with Crippen molar-refractivity contribution >= 4 is 5.52 Å². The summed E-state index contributed by atoms with van der Waals surface area (Å²) in [4.78, 5) is 0. The molecule has 0 saturated carbocycles. The molecule has 0 bridgehead atoms. The highest BCUT2D eigenvalue weighted by atomic mass is 19.1. The van der Waals surface area contributed by atoms with Crippen LogP contribution in [-0.2, 0) is 0 Å². The van der Waals surface area contributed by atoms with Crippen LogP contribution in [0.1, 0.15) is 5.56 Å². The second-order valence-electron chi connectivity index (χ2n) is 2.70.